The maximum Gasteiger partial charge on any atom is 0.230 e. The number of carbonyl (C=O) groups is 1. The van der Waals surface area contributed by atoms with Gasteiger partial charge in [-0.3, -0.25) is 9.78 Å². The van der Waals surface area contributed by atoms with Crippen molar-refractivity contribution in [3.8, 4) is 0 Å². The monoisotopic (exact) mass is 218 g/mol. The zero-order valence-electron chi connectivity index (χ0n) is 10.1. The van der Waals surface area contributed by atoms with Crippen molar-refractivity contribution in [1.29, 1.82) is 0 Å². The number of aromatic nitrogens is 1. The van der Waals surface area contributed by atoms with Gasteiger partial charge in [0.2, 0.25) is 5.91 Å². The number of anilines is 1. The second-order valence-corrected chi connectivity index (χ2v) is 4.87. The summed E-state index contributed by atoms with van der Waals surface area (Å²) in [5, 5.41) is 0. The van der Waals surface area contributed by atoms with Crippen LogP contribution in [0.4, 0.5) is 5.69 Å². The Hall–Kier alpha value is -1.38. The minimum atomic E-state index is 0.197. The van der Waals surface area contributed by atoms with Crippen LogP contribution in [0.1, 0.15) is 26.7 Å². The number of nitrogens with zero attached hydrogens (tertiary/aromatic N) is 2. The second-order valence-electron chi connectivity index (χ2n) is 4.87. The van der Waals surface area contributed by atoms with E-state index in [1.54, 1.807) is 17.3 Å². The van der Waals surface area contributed by atoms with Gasteiger partial charge in [0.1, 0.15) is 0 Å². The zero-order valence-corrected chi connectivity index (χ0v) is 10.1. The van der Waals surface area contributed by atoms with E-state index in [0.717, 1.165) is 18.5 Å². The summed E-state index contributed by atoms with van der Waals surface area (Å²) in [6, 6.07) is 3.77. The standard InChI is InChI=1S/C13H18N2O/c1-4-13(2)8-11(13)12(16)15(3)10-6-5-7-14-9-10/h5-7,9,11H,4,8H2,1-3H3/t11-,13+/m1/s1. The first-order valence-electron chi connectivity index (χ1n) is 5.76. The van der Waals surface area contributed by atoms with Gasteiger partial charge in [0.25, 0.3) is 0 Å². The van der Waals surface area contributed by atoms with Crippen LogP contribution >= 0.6 is 0 Å². The van der Waals surface area contributed by atoms with Crippen LogP contribution in [0.2, 0.25) is 0 Å². The SMILES string of the molecule is CC[C@@]1(C)C[C@@H]1C(=O)N(C)c1cccnc1. The van der Waals surface area contributed by atoms with Gasteiger partial charge in [0, 0.05) is 19.2 Å². The first kappa shape index (κ1) is 11.1. The Morgan fingerprint density at radius 1 is 1.69 bits per heavy atom. The van der Waals surface area contributed by atoms with E-state index in [1.807, 2.05) is 19.2 Å². The van der Waals surface area contributed by atoms with Gasteiger partial charge in [-0.1, -0.05) is 13.8 Å². The highest BCUT2D eigenvalue weighted by Crippen LogP contribution is 2.55. The third-order valence-electron chi connectivity index (χ3n) is 3.82. The van der Waals surface area contributed by atoms with Crippen molar-refractivity contribution in [2.24, 2.45) is 11.3 Å². The van der Waals surface area contributed by atoms with E-state index < -0.39 is 0 Å². The first-order valence-corrected chi connectivity index (χ1v) is 5.76. The maximum absolute atomic E-state index is 12.2. The molecule has 16 heavy (non-hydrogen) atoms. The summed E-state index contributed by atoms with van der Waals surface area (Å²) < 4.78 is 0. The topological polar surface area (TPSA) is 33.2 Å². The maximum atomic E-state index is 12.2. The number of rotatable bonds is 3. The number of hydrogen-bond donors (Lipinski definition) is 0. The molecule has 0 saturated heterocycles. The molecular weight excluding hydrogens is 200 g/mol. The molecule has 1 fully saturated rings. The molecule has 1 aromatic heterocycles. The largest absolute Gasteiger partial charge is 0.314 e. The second kappa shape index (κ2) is 3.89. The van der Waals surface area contributed by atoms with Crippen molar-refractivity contribution in [3.63, 3.8) is 0 Å². The minimum Gasteiger partial charge on any atom is -0.314 e. The van der Waals surface area contributed by atoms with Gasteiger partial charge in [-0.05, 0) is 30.4 Å². The van der Waals surface area contributed by atoms with E-state index in [0.29, 0.717) is 0 Å². The summed E-state index contributed by atoms with van der Waals surface area (Å²) >= 11 is 0. The Balaban J connectivity index is 2.07. The van der Waals surface area contributed by atoms with Crippen molar-refractivity contribution in [1.82, 2.24) is 4.98 Å². The molecule has 0 radical (unpaired) electrons. The molecule has 0 aromatic carbocycles. The molecule has 0 N–H and O–H groups in total. The van der Waals surface area contributed by atoms with Crippen LogP contribution in [0.25, 0.3) is 0 Å². The van der Waals surface area contributed by atoms with Crippen LogP contribution in [-0.2, 0) is 4.79 Å². The van der Waals surface area contributed by atoms with Gasteiger partial charge in [-0.15, -0.1) is 0 Å². The highest BCUT2D eigenvalue weighted by molar-refractivity contribution is 5.96. The molecule has 1 aliphatic carbocycles. The lowest BCUT2D eigenvalue weighted by atomic mass is 10.0. The van der Waals surface area contributed by atoms with E-state index in [-0.39, 0.29) is 17.2 Å². The van der Waals surface area contributed by atoms with Crippen LogP contribution in [0.5, 0.6) is 0 Å². The third-order valence-corrected chi connectivity index (χ3v) is 3.82. The van der Waals surface area contributed by atoms with Gasteiger partial charge >= 0.3 is 0 Å². The van der Waals surface area contributed by atoms with E-state index in [2.05, 4.69) is 18.8 Å². The van der Waals surface area contributed by atoms with Crippen molar-refractivity contribution < 1.29 is 4.79 Å². The summed E-state index contributed by atoms with van der Waals surface area (Å²) in [5.74, 6) is 0.417. The molecule has 1 aliphatic rings. The molecule has 0 unspecified atom stereocenters. The van der Waals surface area contributed by atoms with Gasteiger partial charge in [-0.2, -0.15) is 0 Å². The molecule has 1 saturated carbocycles. The Bertz CT molecular complexity index is 390. The highest BCUT2D eigenvalue weighted by Gasteiger charge is 2.53. The fraction of sp³-hybridized carbons (Fsp3) is 0.538. The van der Waals surface area contributed by atoms with Crippen LogP contribution < -0.4 is 4.90 Å². The van der Waals surface area contributed by atoms with Crippen LogP contribution in [-0.4, -0.2) is 17.9 Å². The quantitative estimate of drug-likeness (QED) is 0.781. The molecule has 1 aromatic rings. The van der Waals surface area contributed by atoms with Gasteiger partial charge in [0.05, 0.1) is 11.9 Å². The van der Waals surface area contributed by atoms with E-state index in [1.165, 1.54) is 0 Å². The number of pyridine rings is 1. The molecular formula is C13H18N2O. The molecule has 2 rings (SSSR count). The Kier molecular flexibility index (Phi) is 2.70. The normalized spacial score (nSPS) is 27.6. The molecule has 1 amide bonds. The van der Waals surface area contributed by atoms with E-state index >= 15 is 0 Å². The smallest absolute Gasteiger partial charge is 0.230 e. The number of hydrogen-bond acceptors (Lipinski definition) is 2. The molecule has 86 valence electrons. The van der Waals surface area contributed by atoms with Gasteiger partial charge < -0.3 is 4.90 Å². The lowest BCUT2D eigenvalue weighted by Gasteiger charge is -2.18. The van der Waals surface area contributed by atoms with Gasteiger partial charge in [0.15, 0.2) is 0 Å². The van der Waals surface area contributed by atoms with Crippen molar-refractivity contribution >= 4 is 11.6 Å². The Morgan fingerprint density at radius 3 is 2.94 bits per heavy atom. The lowest BCUT2D eigenvalue weighted by molar-refractivity contribution is -0.120. The first-order chi connectivity index (χ1) is 7.58. The average molecular weight is 218 g/mol. The predicted octanol–water partition coefficient (Wildman–Crippen LogP) is 2.48. The lowest BCUT2D eigenvalue weighted by Crippen LogP contribution is -2.29. The van der Waals surface area contributed by atoms with Crippen LogP contribution in [0.15, 0.2) is 24.5 Å². The van der Waals surface area contributed by atoms with E-state index in [9.17, 15) is 4.79 Å². The third kappa shape index (κ3) is 1.82. The average Bonchev–Trinajstić information content (AvgIpc) is 3.02. The fourth-order valence-corrected chi connectivity index (χ4v) is 2.10. The van der Waals surface area contributed by atoms with Crippen LogP contribution in [0, 0.1) is 11.3 Å². The summed E-state index contributed by atoms with van der Waals surface area (Å²) in [6.45, 7) is 4.34. The summed E-state index contributed by atoms with van der Waals surface area (Å²) in [4.78, 5) is 17.9. The summed E-state index contributed by atoms with van der Waals surface area (Å²) in [5.41, 5.74) is 1.10. The Morgan fingerprint density at radius 2 is 2.44 bits per heavy atom. The van der Waals surface area contributed by atoms with Crippen molar-refractivity contribution in [3.05, 3.63) is 24.5 Å². The van der Waals surface area contributed by atoms with Gasteiger partial charge in [-0.25, -0.2) is 0 Å². The molecule has 3 heteroatoms. The summed E-state index contributed by atoms with van der Waals surface area (Å²) in [6.07, 6.45) is 5.54. The molecule has 0 bridgehead atoms. The van der Waals surface area contributed by atoms with E-state index in [4.69, 9.17) is 0 Å². The number of carbonyl (C=O) groups excluding carboxylic acids is 1. The summed E-state index contributed by atoms with van der Waals surface area (Å²) in [7, 11) is 1.83. The molecule has 1 heterocycles. The molecule has 2 atom stereocenters. The fourth-order valence-electron chi connectivity index (χ4n) is 2.10. The predicted molar refractivity (Wildman–Crippen MR) is 64.2 cm³/mol. The molecule has 0 aliphatic heterocycles. The van der Waals surface area contributed by atoms with Crippen LogP contribution in [0.3, 0.4) is 0 Å². The molecule has 0 spiro atoms. The van der Waals surface area contributed by atoms with Crippen molar-refractivity contribution in [2.75, 3.05) is 11.9 Å². The Labute approximate surface area is 96.5 Å². The minimum absolute atomic E-state index is 0.197. The highest BCUT2D eigenvalue weighted by atomic mass is 16.2. The zero-order chi connectivity index (χ0) is 11.8. The molecule has 3 nitrogen and oxygen atoms in total. The van der Waals surface area contributed by atoms with Crippen molar-refractivity contribution in [2.45, 2.75) is 26.7 Å². The number of amides is 1.